The van der Waals surface area contributed by atoms with Crippen LogP contribution in [0.2, 0.25) is 5.02 Å². The van der Waals surface area contributed by atoms with Gasteiger partial charge in [-0.3, -0.25) is 4.68 Å². The third kappa shape index (κ3) is 6.50. The van der Waals surface area contributed by atoms with E-state index >= 15 is 0 Å². The molecule has 0 unspecified atom stereocenters. The molecule has 0 amide bonds. The molecular weight excluding hydrogens is 423 g/mol. The van der Waals surface area contributed by atoms with Crippen molar-refractivity contribution in [2.75, 3.05) is 12.4 Å². The number of aromatic nitrogens is 2. The number of nitrogens with zero attached hydrogens (tertiary/aromatic N) is 2. The van der Waals surface area contributed by atoms with Crippen LogP contribution in [0.3, 0.4) is 0 Å². The largest absolute Gasteiger partial charge is 0.496 e. The molecule has 0 aliphatic heterocycles. The van der Waals surface area contributed by atoms with Crippen LogP contribution in [0.5, 0.6) is 5.75 Å². The first-order valence-electron chi connectivity index (χ1n) is 9.26. The zero-order chi connectivity index (χ0) is 23.1. The Hall–Kier alpha value is -2.51. The lowest BCUT2D eigenvalue weighted by Crippen LogP contribution is -2.33. The van der Waals surface area contributed by atoms with Crippen molar-refractivity contribution in [1.82, 2.24) is 9.78 Å². The zero-order valence-corrected chi connectivity index (χ0v) is 18.2. The number of aryl methyl sites for hydroxylation is 1. The van der Waals surface area contributed by atoms with Crippen molar-refractivity contribution in [1.29, 1.82) is 0 Å². The molecule has 0 aliphatic rings. The lowest BCUT2D eigenvalue weighted by atomic mass is 10.1. The van der Waals surface area contributed by atoms with E-state index in [9.17, 15) is 13.2 Å². The van der Waals surface area contributed by atoms with Gasteiger partial charge in [-0.05, 0) is 31.4 Å². The molecule has 1 heterocycles. The number of anilines is 1. The predicted octanol–water partition coefficient (Wildman–Crippen LogP) is 5.21. The van der Waals surface area contributed by atoms with Gasteiger partial charge in [-0.15, -0.1) is 0 Å². The van der Waals surface area contributed by atoms with Crippen molar-refractivity contribution in [2.24, 2.45) is 5.92 Å². The Bertz CT molecular complexity index is 876. The molecule has 0 aliphatic carbocycles. The molecule has 0 bridgehead atoms. The number of methoxy groups -OCH3 is 1. The summed E-state index contributed by atoms with van der Waals surface area (Å²) in [5, 5.41) is 7.58. The minimum absolute atomic E-state index is 0.250. The molecule has 1 atom stereocenters. The molecule has 1 aromatic heterocycles. The maximum atomic E-state index is 12.8. The van der Waals surface area contributed by atoms with Gasteiger partial charge < -0.3 is 10.1 Å². The molecule has 2 aromatic rings. The smallest absolute Gasteiger partial charge is 0.408 e. The van der Waals surface area contributed by atoms with Gasteiger partial charge in [0.25, 0.3) is 0 Å². The average molecular weight is 448 g/mol. The SMILES string of the molecule is CCc1nn(CC(C)C)c(-c2ccc(N[C@H](C)C(F)(F)F)cc2OC)c1Cl.O=C=O. The molecule has 1 aromatic carbocycles. The summed E-state index contributed by atoms with van der Waals surface area (Å²) in [4.78, 5) is 16.2. The van der Waals surface area contributed by atoms with Gasteiger partial charge in [-0.25, -0.2) is 0 Å². The highest BCUT2D eigenvalue weighted by Crippen LogP contribution is 2.39. The summed E-state index contributed by atoms with van der Waals surface area (Å²) >= 11 is 6.56. The Morgan fingerprint density at radius 1 is 1.27 bits per heavy atom. The number of benzene rings is 1. The average Bonchev–Trinajstić information content (AvgIpc) is 2.96. The number of alkyl halides is 3. The highest BCUT2D eigenvalue weighted by molar-refractivity contribution is 6.33. The topological polar surface area (TPSA) is 73.2 Å². The van der Waals surface area contributed by atoms with Crippen molar-refractivity contribution in [3.05, 3.63) is 28.9 Å². The van der Waals surface area contributed by atoms with E-state index in [1.165, 1.54) is 7.11 Å². The monoisotopic (exact) mass is 447 g/mol. The molecule has 6 nitrogen and oxygen atoms in total. The molecule has 0 saturated carbocycles. The first kappa shape index (κ1) is 25.5. The lowest BCUT2D eigenvalue weighted by molar-refractivity contribution is -0.191. The van der Waals surface area contributed by atoms with Crippen molar-refractivity contribution < 1.29 is 27.5 Å². The maximum Gasteiger partial charge on any atom is 0.408 e. The van der Waals surface area contributed by atoms with Crippen LogP contribution in [0.15, 0.2) is 18.2 Å². The van der Waals surface area contributed by atoms with Crippen LogP contribution in [0, 0.1) is 5.92 Å². The normalized spacial score (nSPS) is 12.1. The Morgan fingerprint density at radius 2 is 1.87 bits per heavy atom. The molecule has 166 valence electrons. The molecule has 0 saturated heterocycles. The number of halogens is 4. The molecule has 30 heavy (non-hydrogen) atoms. The van der Waals surface area contributed by atoms with Crippen LogP contribution >= 0.6 is 11.6 Å². The number of hydrogen-bond acceptors (Lipinski definition) is 5. The summed E-state index contributed by atoms with van der Waals surface area (Å²) in [6, 6.07) is 3.18. The van der Waals surface area contributed by atoms with Crippen molar-refractivity contribution in [3.8, 4) is 17.0 Å². The first-order chi connectivity index (χ1) is 14.0. The number of hydrogen-bond donors (Lipinski definition) is 1. The summed E-state index contributed by atoms with van der Waals surface area (Å²) in [6.45, 7) is 7.87. The zero-order valence-electron chi connectivity index (χ0n) is 17.4. The fraction of sp³-hybridized carbons (Fsp3) is 0.500. The van der Waals surface area contributed by atoms with E-state index in [0.29, 0.717) is 40.9 Å². The highest BCUT2D eigenvalue weighted by atomic mass is 35.5. The molecule has 10 heteroatoms. The summed E-state index contributed by atoms with van der Waals surface area (Å²) < 4.78 is 45.7. The molecular formula is C20H25ClF3N3O3. The fourth-order valence-corrected chi connectivity index (χ4v) is 3.13. The summed E-state index contributed by atoms with van der Waals surface area (Å²) in [5.74, 6) is 0.785. The minimum Gasteiger partial charge on any atom is -0.496 e. The molecule has 1 N–H and O–H groups in total. The van der Waals surface area contributed by atoms with Crippen LogP contribution in [-0.2, 0) is 22.6 Å². The lowest BCUT2D eigenvalue weighted by Gasteiger charge is -2.20. The van der Waals surface area contributed by atoms with E-state index in [1.807, 2.05) is 11.6 Å². The van der Waals surface area contributed by atoms with Gasteiger partial charge in [0.05, 0.1) is 23.5 Å². The van der Waals surface area contributed by atoms with Crippen LogP contribution in [0.1, 0.15) is 33.4 Å². The van der Waals surface area contributed by atoms with Crippen LogP contribution in [-0.4, -0.2) is 35.3 Å². The third-order valence-corrected chi connectivity index (χ3v) is 4.56. The standard InChI is InChI=1S/C19H25ClF3N3O.CO2/c1-6-15-17(20)18(26(25-15)10-11(2)3)14-8-7-13(9-16(14)27-5)24-12(4)19(21,22)23;2-1-3/h7-9,11-12,24H,6,10H2,1-5H3;/t12-;/m1./s1. The summed E-state index contributed by atoms with van der Waals surface area (Å²) in [6.07, 6.45) is -3.40. The van der Waals surface area contributed by atoms with Gasteiger partial charge >= 0.3 is 12.3 Å². The van der Waals surface area contributed by atoms with Gasteiger partial charge in [-0.2, -0.15) is 27.9 Å². The van der Waals surface area contributed by atoms with E-state index in [2.05, 4.69) is 24.3 Å². The molecule has 0 spiro atoms. The minimum atomic E-state index is -4.33. The second-order valence-electron chi connectivity index (χ2n) is 6.94. The van der Waals surface area contributed by atoms with Gasteiger partial charge in [0, 0.05) is 23.9 Å². The van der Waals surface area contributed by atoms with E-state index in [0.717, 1.165) is 18.3 Å². The summed E-state index contributed by atoms with van der Waals surface area (Å²) in [5.41, 5.74) is 2.51. The first-order valence-corrected chi connectivity index (χ1v) is 9.63. The number of ether oxygens (including phenoxy) is 1. The number of carbonyl (C=O) groups excluding carboxylic acids is 2. The fourth-order valence-electron chi connectivity index (χ4n) is 2.76. The van der Waals surface area contributed by atoms with Gasteiger partial charge in [-0.1, -0.05) is 32.4 Å². The van der Waals surface area contributed by atoms with E-state index in [4.69, 9.17) is 25.9 Å². The molecule has 2 rings (SSSR count). The third-order valence-electron chi connectivity index (χ3n) is 4.16. The Balaban J connectivity index is 0.00000141. The predicted molar refractivity (Wildman–Crippen MR) is 108 cm³/mol. The molecule has 0 fully saturated rings. The van der Waals surface area contributed by atoms with Gasteiger partial charge in [0.2, 0.25) is 0 Å². The van der Waals surface area contributed by atoms with E-state index in [-0.39, 0.29) is 6.15 Å². The van der Waals surface area contributed by atoms with Crippen molar-refractivity contribution in [2.45, 2.75) is 52.9 Å². The maximum absolute atomic E-state index is 12.8. The Morgan fingerprint density at radius 3 is 2.33 bits per heavy atom. The van der Waals surface area contributed by atoms with Crippen LogP contribution in [0.4, 0.5) is 18.9 Å². The van der Waals surface area contributed by atoms with Gasteiger partial charge in [0.1, 0.15) is 11.8 Å². The van der Waals surface area contributed by atoms with E-state index in [1.54, 1.807) is 18.2 Å². The van der Waals surface area contributed by atoms with Crippen molar-refractivity contribution >= 4 is 23.4 Å². The second kappa shape index (κ2) is 11.0. The quantitative estimate of drug-likeness (QED) is 0.630. The van der Waals surface area contributed by atoms with Crippen LogP contribution < -0.4 is 10.1 Å². The van der Waals surface area contributed by atoms with Crippen LogP contribution in [0.25, 0.3) is 11.3 Å². The van der Waals surface area contributed by atoms with E-state index < -0.39 is 12.2 Å². The van der Waals surface area contributed by atoms with Gasteiger partial charge in [0.15, 0.2) is 0 Å². The number of rotatable bonds is 7. The number of nitrogens with one attached hydrogen (secondary N) is 1. The van der Waals surface area contributed by atoms with Crippen molar-refractivity contribution in [3.63, 3.8) is 0 Å². The highest BCUT2D eigenvalue weighted by Gasteiger charge is 2.36. The second-order valence-corrected chi connectivity index (χ2v) is 7.32. The summed E-state index contributed by atoms with van der Waals surface area (Å²) in [7, 11) is 1.48. The Labute approximate surface area is 178 Å². The molecule has 0 radical (unpaired) electrons. The Kier molecular flexibility index (Phi) is 9.39.